The predicted molar refractivity (Wildman–Crippen MR) is 84.4 cm³/mol. The van der Waals surface area contributed by atoms with Crippen molar-refractivity contribution >= 4 is 33.1 Å². The van der Waals surface area contributed by atoms with Crippen LogP contribution in [0.2, 0.25) is 0 Å². The highest BCUT2D eigenvalue weighted by Crippen LogP contribution is 2.41. The molecule has 2 atom stereocenters. The van der Waals surface area contributed by atoms with Gasteiger partial charge in [0, 0.05) is 22.5 Å². The van der Waals surface area contributed by atoms with Crippen molar-refractivity contribution in [2.45, 2.75) is 39.3 Å². The highest BCUT2D eigenvalue weighted by molar-refractivity contribution is 7.21. The standard InChI is InChI=1S/C15H19N3O2S/c1-7-4-5-8-11(16)12(21-14(8)17-7)13(20)18-9-6-10(19)15(9,2)3/h4-5,9-10,19H,6,16H2,1-3H3,(H,18,20). The average Bonchev–Trinajstić information content (AvgIpc) is 2.75. The number of hydrogen-bond acceptors (Lipinski definition) is 5. The van der Waals surface area contributed by atoms with Gasteiger partial charge < -0.3 is 16.2 Å². The summed E-state index contributed by atoms with van der Waals surface area (Å²) in [6.07, 6.45) is 0.216. The van der Waals surface area contributed by atoms with Crippen LogP contribution in [0.15, 0.2) is 12.1 Å². The van der Waals surface area contributed by atoms with Crippen molar-refractivity contribution in [3.05, 3.63) is 22.7 Å². The van der Waals surface area contributed by atoms with Gasteiger partial charge in [0.15, 0.2) is 0 Å². The highest BCUT2D eigenvalue weighted by Gasteiger charge is 2.48. The fraction of sp³-hybridized carbons (Fsp3) is 0.467. The minimum Gasteiger partial charge on any atom is -0.397 e. The molecule has 21 heavy (non-hydrogen) atoms. The zero-order valence-corrected chi connectivity index (χ0v) is 13.1. The van der Waals surface area contributed by atoms with Gasteiger partial charge in [-0.2, -0.15) is 0 Å². The number of nitrogens with two attached hydrogens (primary N) is 1. The smallest absolute Gasteiger partial charge is 0.263 e. The molecule has 1 amide bonds. The van der Waals surface area contributed by atoms with Gasteiger partial charge in [0.2, 0.25) is 0 Å². The summed E-state index contributed by atoms with van der Waals surface area (Å²) >= 11 is 1.31. The van der Waals surface area contributed by atoms with Gasteiger partial charge in [-0.25, -0.2) is 4.98 Å². The number of aryl methyl sites for hydroxylation is 1. The van der Waals surface area contributed by atoms with E-state index in [1.165, 1.54) is 11.3 Å². The zero-order chi connectivity index (χ0) is 15.4. The molecule has 0 spiro atoms. The van der Waals surface area contributed by atoms with E-state index in [1.54, 1.807) is 0 Å². The summed E-state index contributed by atoms with van der Waals surface area (Å²) in [5, 5.41) is 13.5. The van der Waals surface area contributed by atoms with E-state index in [1.807, 2.05) is 32.9 Å². The third-order valence-corrected chi connectivity index (χ3v) is 5.57. The number of nitrogens with zero attached hydrogens (tertiary/aromatic N) is 1. The molecule has 2 aromatic rings. The van der Waals surface area contributed by atoms with Gasteiger partial charge in [-0.05, 0) is 25.5 Å². The number of aromatic nitrogens is 1. The van der Waals surface area contributed by atoms with Crippen LogP contribution in [0.25, 0.3) is 10.2 Å². The van der Waals surface area contributed by atoms with Crippen molar-refractivity contribution in [3.63, 3.8) is 0 Å². The van der Waals surface area contributed by atoms with Crippen LogP contribution in [0, 0.1) is 12.3 Å². The van der Waals surface area contributed by atoms with Crippen LogP contribution in [-0.4, -0.2) is 28.1 Å². The third kappa shape index (κ3) is 2.18. The summed E-state index contributed by atoms with van der Waals surface area (Å²) in [4.78, 5) is 18.1. The maximum absolute atomic E-state index is 12.4. The fourth-order valence-corrected chi connectivity index (χ4v) is 3.67. The van der Waals surface area contributed by atoms with E-state index < -0.39 is 0 Å². The number of rotatable bonds is 2. The van der Waals surface area contributed by atoms with Crippen LogP contribution in [0.5, 0.6) is 0 Å². The van der Waals surface area contributed by atoms with Crippen molar-refractivity contribution in [3.8, 4) is 0 Å². The lowest BCUT2D eigenvalue weighted by molar-refractivity contribution is -0.0689. The summed E-state index contributed by atoms with van der Waals surface area (Å²) in [5.74, 6) is -0.182. The molecule has 0 aliphatic heterocycles. The Kier molecular flexibility index (Phi) is 3.18. The molecule has 2 heterocycles. The molecule has 5 nitrogen and oxygen atoms in total. The molecule has 2 aromatic heterocycles. The number of aliphatic hydroxyl groups excluding tert-OH is 1. The number of amides is 1. The minimum absolute atomic E-state index is 0.0284. The Morgan fingerprint density at radius 3 is 2.86 bits per heavy atom. The molecular formula is C15H19N3O2S. The number of fused-ring (bicyclic) bond motifs is 1. The molecule has 0 bridgehead atoms. The number of pyridine rings is 1. The van der Waals surface area contributed by atoms with Gasteiger partial charge >= 0.3 is 0 Å². The lowest BCUT2D eigenvalue weighted by Crippen LogP contribution is -2.61. The molecule has 6 heteroatoms. The number of carbonyl (C=O) groups excluding carboxylic acids is 1. The molecule has 0 saturated heterocycles. The van der Waals surface area contributed by atoms with E-state index in [9.17, 15) is 9.90 Å². The maximum atomic E-state index is 12.4. The van der Waals surface area contributed by atoms with Gasteiger partial charge in [0.25, 0.3) is 5.91 Å². The Morgan fingerprint density at radius 2 is 2.24 bits per heavy atom. The number of anilines is 1. The van der Waals surface area contributed by atoms with Crippen molar-refractivity contribution in [1.29, 1.82) is 0 Å². The summed E-state index contributed by atoms with van der Waals surface area (Å²) in [7, 11) is 0. The van der Waals surface area contributed by atoms with Gasteiger partial charge in [0.05, 0.1) is 11.8 Å². The van der Waals surface area contributed by atoms with Crippen molar-refractivity contribution < 1.29 is 9.90 Å². The summed E-state index contributed by atoms with van der Waals surface area (Å²) < 4.78 is 0. The first-order valence-electron chi connectivity index (χ1n) is 6.95. The molecule has 0 radical (unpaired) electrons. The largest absolute Gasteiger partial charge is 0.397 e. The molecule has 0 aromatic carbocycles. The normalized spacial score (nSPS) is 23.8. The summed E-state index contributed by atoms with van der Waals surface area (Å²) in [6, 6.07) is 3.76. The maximum Gasteiger partial charge on any atom is 0.263 e. The predicted octanol–water partition coefficient (Wildman–Crippen LogP) is 2.08. The third-order valence-electron chi connectivity index (χ3n) is 4.46. The Bertz CT molecular complexity index is 723. The molecule has 3 rings (SSSR count). The molecule has 1 saturated carbocycles. The Balaban J connectivity index is 1.87. The van der Waals surface area contributed by atoms with Gasteiger partial charge in [-0.15, -0.1) is 11.3 Å². The number of aliphatic hydroxyl groups is 1. The number of carbonyl (C=O) groups is 1. The van der Waals surface area contributed by atoms with Crippen LogP contribution >= 0.6 is 11.3 Å². The molecule has 112 valence electrons. The monoisotopic (exact) mass is 305 g/mol. The number of nitrogens with one attached hydrogen (secondary N) is 1. The van der Waals surface area contributed by atoms with Crippen LogP contribution in [-0.2, 0) is 0 Å². The second kappa shape index (κ2) is 4.68. The molecule has 1 aliphatic rings. The molecule has 1 aliphatic carbocycles. The van der Waals surface area contributed by atoms with Gasteiger partial charge in [0.1, 0.15) is 9.71 Å². The summed E-state index contributed by atoms with van der Waals surface area (Å²) in [5.41, 5.74) is 7.17. The quantitative estimate of drug-likeness (QED) is 0.792. The van der Waals surface area contributed by atoms with Crippen LogP contribution in [0.3, 0.4) is 0 Å². The van der Waals surface area contributed by atoms with E-state index in [4.69, 9.17) is 5.73 Å². The van der Waals surface area contributed by atoms with Crippen LogP contribution in [0.4, 0.5) is 5.69 Å². The lowest BCUT2D eigenvalue weighted by Gasteiger charge is -2.49. The average molecular weight is 305 g/mol. The highest BCUT2D eigenvalue weighted by atomic mass is 32.1. The van der Waals surface area contributed by atoms with Crippen molar-refractivity contribution in [2.24, 2.45) is 5.41 Å². The van der Waals surface area contributed by atoms with E-state index in [2.05, 4.69) is 10.3 Å². The molecule has 4 N–H and O–H groups in total. The molecule has 2 unspecified atom stereocenters. The lowest BCUT2D eigenvalue weighted by atomic mass is 9.64. The zero-order valence-electron chi connectivity index (χ0n) is 12.3. The summed E-state index contributed by atoms with van der Waals surface area (Å²) in [6.45, 7) is 5.81. The van der Waals surface area contributed by atoms with Gasteiger partial charge in [-0.1, -0.05) is 13.8 Å². The Labute approximate surface area is 127 Å². The van der Waals surface area contributed by atoms with E-state index in [-0.39, 0.29) is 23.5 Å². The van der Waals surface area contributed by atoms with Gasteiger partial charge in [-0.3, -0.25) is 4.79 Å². The number of thiophene rings is 1. The van der Waals surface area contributed by atoms with E-state index >= 15 is 0 Å². The number of hydrogen-bond donors (Lipinski definition) is 3. The van der Waals surface area contributed by atoms with E-state index in [0.717, 1.165) is 15.9 Å². The van der Waals surface area contributed by atoms with Crippen molar-refractivity contribution in [1.82, 2.24) is 10.3 Å². The van der Waals surface area contributed by atoms with Crippen LogP contribution in [0.1, 0.15) is 35.6 Å². The van der Waals surface area contributed by atoms with Crippen molar-refractivity contribution in [2.75, 3.05) is 5.73 Å². The first-order chi connectivity index (χ1) is 9.80. The topological polar surface area (TPSA) is 88.2 Å². The first-order valence-corrected chi connectivity index (χ1v) is 7.77. The van der Waals surface area contributed by atoms with Crippen LogP contribution < -0.4 is 11.1 Å². The second-order valence-electron chi connectivity index (χ2n) is 6.25. The second-order valence-corrected chi connectivity index (χ2v) is 7.25. The minimum atomic E-state index is -0.369. The Morgan fingerprint density at radius 1 is 1.52 bits per heavy atom. The first kappa shape index (κ1) is 14.3. The number of nitrogen functional groups attached to an aromatic ring is 1. The SMILES string of the molecule is Cc1ccc2c(N)c(C(=O)NC3CC(O)C3(C)C)sc2n1. The fourth-order valence-electron chi connectivity index (χ4n) is 2.63. The molecular weight excluding hydrogens is 286 g/mol. The molecule has 1 fully saturated rings. The Hall–Kier alpha value is -1.66. The van der Waals surface area contributed by atoms with E-state index in [0.29, 0.717) is 17.0 Å².